The van der Waals surface area contributed by atoms with Gasteiger partial charge in [-0.2, -0.15) is 0 Å². The third-order valence-electron chi connectivity index (χ3n) is 4.73. The fourth-order valence-electron chi connectivity index (χ4n) is 3.52. The molecule has 2 atom stereocenters. The molecule has 4 heteroatoms. The van der Waals surface area contributed by atoms with Gasteiger partial charge in [-0.05, 0) is 53.0 Å². The SMILES string of the molecule is CC(C)(C)N1CCCCC(N)C1c1cncn1C1CC1. The summed E-state index contributed by atoms with van der Waals surface area (Å²) in [6.45, 7) is 8.04. The first-order valence-corrected chi connectivity index (χ1v) is 8.02. The fraction of sp³-hybridized carbons (Fsp3) is 0.812. The Balaban J connectivity index is 1.97. The van der Waals surface area contributed by atoms with E-state index < -0.39 is 0 Å². The van der Waals surface area contributed by atoms with Crippen LogP contribution in [0.3, 0.4) is 0 Å². The third-order valence-corrected chi connectivity index (χ3v) is 4.73. The van der Waals surface area contributed by atoms with Crippen LogP contribution >= 0.6 is 0 Å². The van der Waals surface area contributed by atoms with Crippen molar-refractivity contribution >= 4 is 0 Å². The van der Waals surface area contributed by atoms with E-state index in [1.807, 2.05) is 12.5 Å². The number of nitrogens with zero attached hydrogens (tertiary/aromatic N) is 3. The fourth-order valence-corrected chi connectivity index (χ4v) is 3.52. The Morgan fingerprint density at radius 3 is 2.60 bits per heavy atom. The first-order chi connectivity index (χ1) is 9.48. The Labute approximate surface area is 122 Å². The molecule has 0 amide bonds. The van der Waals surface area contributed by atoms with E-state index >= 15 is 0 Å². The zero-order chi connectivity index (χ0) is 14.3. The van der Waals surface area contributed by atoms with Crippen molar-refractivity contribution in [3.05, 3.63) is 18.2 Å². The van der Waals surface area contributed by atoms with E-state index in [0.29, 0.717) is 12.1 Å². The second-order valence-electron chi connectivity index (χ2n) is 7.43. The number of hydrogen-bond donors (Lipinski definition) is 1. The molecular weight excluding hydrogens is 248 g/mol. The van der Waals surface area contributed by atoms with E-state index in [9.17, 15) is 0 Å². The van der Waals surface area contributed by atoms with Gasteiger partial charge in [-0.3, -0.25) is 4.90 Å². The van der Waals surface area contributed by atoms with E-state index in [1.165, 1.54) is 31.4 Å². The van der Waals surface area contributed by atoms with Crippen molar-refractivity contribution in [3.63, 3.8) is 0 Å². The molecule has 1 aliphatic heterocycles. The maximum absolute atomic E-state index is 6.56. The molecule has 4 nitrogen and oxygen atoms in total. The molecule has 112 valence electrons. The molecule has 1 aromatic rings. The standard InChI is InChI=1S/C16H28N4/c1-16(2,3)20-9-5-4-6-13(17)15(20)14-10-18-11-19(14)12-7-8-12/h10-13,15H,4-9,17H2,1-3H3. The Bertz CT molecular complexity index is 455. The lowest BCUT2D eigenvalue weighted by atomic mass is 9.96. The normalized spacial score (nSPS) is 29.4. The predicted molar refractivity (Wildman–Crippen MR) is 81.5 cm³/mol. The second-order valence-corrected chi connectivity index (χ2v) is 7.43. The number of aromatic nitrogens is 2. The maximum Gasteiger partial charge on any atom is 0.0951 e. The van der Waals surface area contributed by atoms with Crippen molar-refractivity contribution in [3.8, 4) is 0 Å². The van der Waals surface area contributed by atoms with Gasteiger partial charge in [0.05, 0.1) is 18.1 Å². The van der Waals surface area contributed by atoms with Crippen molar-refractivity contribution in [2.24, 2.45) is 5.73 Å². The largest absolute Gasteiger partial charge is 0.330 e. The average molecular weight is 276 g/mol. The van der Waals surface area contributed by atoms with Gasteiger partial charge in [0.2, 0.25) is 0 Å². The highest BCUT2D eigenvalue weighted by Gasteiger charge is 2.38. The molecule has 2 N–H and O–H groups in total. The van der Waals surface area contributed by atoms with Crippen LogP contribution in [-0.4, -0.2) is 32.6 Å². The van der Waals surface area contributed by atoms with Gasteiger partial charge in [0, 0.05) is 23.8 Å². The summed E-state index contributed by atoms with van der Waals surface area (Å²) < 4.78 is 2.38. The first kappa shape index (κ1) is 14.1. The van der Waals surface area contributed by atoms with Crippen LogP contribution in [0.2, 0.25) is 0 Å². The summed E-state index contributed by atoms with van der Waals surface area (Å²) in [6.07, 6.45) is 10.2. The Morgan fingerprint density at radius 1 is 1.20 bits per heavy atom. The zero-order valence-electron chi connectivity index (χ0n) is 13.0. The minimum atomic E-state index is 0.144. The Hall–Kier alpha value is -0.870. The van der Waals surface area contributed by atoms with Crippen molar-refractivity contribution in [2.45, 2.75) is 76.5 Å². The molecule has 2 aliphatic rings. The van der Waals surface area contributed by atoms with Crippen LogP contribution in [0.5, 0.6) is 0 Å². The molecule has 1 saturated heterocycles. The van der Waals surface area contributed by atoms with Crippen molar-refractivity contribution in [1.82, 2.24) is 14.5 Å². The van der Waals surface area contributed by atoms with E-state index in [2.05, 4.69) is 35.2 Å². The quantitative estimate of drug-likeness (QED) is 0.903. The van der Waals surface area contributed by atoms with Crippen LogP contribution < -0.4 is 5.73 Å². The predicted octanol–water partition coefficient (Wildman–Crippen LogP) is 2.87. The molecule has 20 heavy (non-hydrogen) atoms. The second kappa shape index (κ2) is 5.15. The van der Waals surface area contributed by atoms with E-state index in [1.54, 1.807) is 0 Å². The van der Waals surface area contributed by atoms with Crippen molar-refractivity contribution < 1.29 is 0 Å². The lowest BCUT2D eigenvalue weighted by Gasteiger charge is -2.43. The summed E-state index contributed by atoms with van der Waals surface area (Å²) in [6, 6.07) is 1.19. The number of nitrogens with two attached hydrogens (primary N) is 1. The smallest absolute Gasteiger partial charge is 0.0951 e. The average Bonchev–Trinajstić information content (AvgIpc) is 3.13. The molecule has 1 aromatic heterocycles. The zero-order valence-corrected chi connectivity index (χ0v) is 13.0. The summed E-state index contributed by atoms with van der Waals surface area (Å²) in [4.78, 5) is 7.02. The molecule has 3 rings (SSSR count). The van der Waals surface area contributed by atoms with Gasteiger partial charge >= 0.3 is 0 Å². The number of imidazole rings is 1. The summed E-state index contributed by atoms with van der Waals surface area (Å²) >= 11 is 0. The molecule has 2 heterocycles. The van der Waals surface area contributed by atoms with Gasteiger partial charge in [0.25, 0.3) is 0 Å². The van der Waals surface area contributed by atoms with Gasteiger partial charge in [-0.1, -0.05) is 6.42 Å². The lowest BCUT2D eigenvalue weighted by molar-refractivity contribution is 0.0711. The van der Waals surface area contributed by atoms with Gasteiger partial charge in [0.15, 0.2) is 0 Å². The summed E-state index contributed by atoms with van der Waals surface area (Å²) in [5.41, 5.74) is 8.04. The van der Waals surface area contributed by atoms with Crippen LogP contribution in [0.25, 0.3) is 0 Å². The first-order valence-electron chi connectivity index (χ1n) is 8.02. The van der Waals surface area contributed by atoms with Crippen molar-refractivity contribution in [2.75, 3.05) is 6.54 Å². The third kappa shape index (κ3) is 2.63. The molecule has 1 saturated carbocycles. The highest BCUT2D eigenvalue weighted by Crippen LogP contribution is 2.40. The molecule has 0 aromatic carbocycles. The Morgan fingerprint density at radius 2 is 1.95 bits per heavy atom. The van der Waals surface area contributed by atoms with E-state index in [-0.39, 0.29) is 11.6 Å². The summed E-state index contributed by atoms with van der Waals surface area (Å²) in [7, 11) is 0. The number of likely N-dealkylation sites (tertiary alicyclic amines) is 1. The topological polar surface area (TPSA) is 47.1 Å². The monoisotopic (exact) mass is 276 g/mol. The highest BCUT2D eigenvalue weighted by molar-refractivity contribution is 5.14. The minimum absolute atomic E-state index is 0.144. The molecule has 0 spiro atoms. The number of rotatable bonds is 2. The number of hydrogen-bond acceptors (Lipinski definition) is 3. The molecule has 2 fully saturated rings. The van der Waals surface area contributed by atoms with Crippen LogP contribution in [-0.2, 0) is 0 Å². The van der Waals surface area contributed by atoms with Gasteiger partial charge in [0.1, 0.15) is 0 Å². The minimum Gasteiger partial charge on any atom is -0.330 e. The van der Waals surface area contributed by atoms with Crippen LogP contribution in [0.4, 0.5) is 0 Å². The van der Waals surface area contributed by atoms with E-state index in [4.69, 9.17) is 5.73 Å². The molecule has 0 bridgehead atoms. The Kier molecular flexibility index (Phi) is 3.63. The highest BCUT2D eigenvalue weighted by atomic mass is 15.3. The van der Waals surface area contributed by atoms with Crippen LogP contribution in [0, 0.1) is 0 Å². The summed E-state index contributed by atoms with van der Waals surface area (Å²) in [5.74, 6) is 0. The van der Waals surface area contributed by atoms with E-state index in [0.717, 1.165) is 13.0 Å². The van der Waals surface area contributed by atoms with Gasteiger partial charge in [-0.15, -0.1) is 0 Å². The van der Waals surface area contributed by atoms with Crippen molar-refractivity contribution in [1.29, 1.82) is 0 Å². The summed E-state index contributed by atoms with van der Waals surface area (Å²) in [5, 5.41) is 0. The van der Waals surface area contributed by atoms with Gasteiger partial charge in [-0.25, -0.2) is 4.98 Å². The van der Waals surface area contributed by atoms with Crippen LogP contribution in [0.1, 0.15) is 70.7 Å². The molecule has 2 unspecified atom stereocenters. The molecular formula is C16H28N4. The molecule has 1 aliphatic carbocycles. The van der Waals surface area contributed by atoms with Crippen LogP contribution in [0.15, 0.2) is 12.5 Å². The maximum atomic E-state index is 6.56. The van der Waals surface area contributed by atoms with Gasteiger partial charge < -0.3 is 10.3 Å². The molecule has 0 radical (unpaired) electrons. The lowest BCUT2D eigenvalue weighted by Crippen LogP contribution is -2.49.